The zero-order valence-electron chi connectivity index (χ0n) is 12.3. The van der Waals surface area contributed by atoms with Crippen LogP contribution in [-0.4, -0.2) is 25.8 Å². The third-order valence-corrected chi connectivity index (χ3v) is 3.26. The van der Waals surface area contributed by atoms with Crippen LogP contribution in [0.5, 0.6) is 11.5 Å². The minimum atomic E-state index is -0.431. The Bertz CT molecular complexity index is 705. The summed E-state index contributed by atoms with van der Waals surface area (Å²) in [6.45, 7) is -0.224. The number of benzene rings is 2. The number of nitrogens with one attached hydrogen (secondary N) is 1. The monoisotopic (exact) mass is 380 g/mol. The van der Waals surface area contributed by atoms with Crippen LogP contribution in [-0.2, 0) is 4.79 Å². The standard InChI is InChI=1S/C16H14BrFN2O3/c1-22-15-7-2-12(17)8-11(15)9-19-20-16(21)10-23-14-5-3-13(18)4-6-14/h2-9H,10H2,1H3,(H,20,21). The van der Waals surface area contributed by atoms with Crippen LogP contribution in [0.25, 0.3) is 0 Å². The molecule has 0 unspecified atom stereocenters. The van der Waals surface area contributed by atoms with E-state index in [1.54, 1.807) is 13.2 Å². The summed E-state index contributed by atoms with van der Waals surface area (Å²) in [4.78, 5) is 11.6. The van der Waals surface area contributed by atoms with E-state index in [1.165, 1.54) is 30.5 Å². The summed E-state index contributed by atoms with van der Waals surface area (Å²) in [7, 11) is 1.55. The summed E-state index contributed by atoms with van der Waals surface area (Å²) in [6, 6.07) is 10.8. The van der Waals surface area contributed by atoms with Crippen molar-refractivity contribution in [2.45, 2.75) is 0 Å². The first-order valence-corrected chi connectivity index (χ1v) is 7.41. The molecule has 0 spiro atoms. The second-order valence-corrected chi connectivity index (χ2v) is 5.34. The van der Waals surface area contributed by atoms with E-state index in [1.807, 2.05) is 12.1 Å². The lowest BCUT2D eigenvalue weighted by atomic mass is 10.2. The summed E-state index contributed by atoms with van der Waals surface area (Å²) in [5, 5.41) is 3.85. The molecule has 0 atom stereocenters. The summed E-state index contributed by atoms with van der Waals surface area (Å²) < 4.78 is 24.0. The molecule has 0 saturated carbocycles. The largest absolute Gasteiger partial charge is 0.496 e. The molecule has 2 aromatic carbocycles. The van der Waals surface area contributed by atoms with Crippen molar-refractivity contribution < 1.29 is 18.7 Å². The number of halogens is 2. The maximum absolute atomic E-state index is 12.7. The van der Waals surface area contributed by atoms with Gasteiger partial charge in [-0.25, -0.2) is 9.82 Å². The molecule has 2 aromatic rings. The normalized spacial score (nSPS) is 10.6. The van der Waals surface area contributed by atoms with Gasteiger partial charge in [-0.1, -0.05) is 15.9 Å². The molecule has 7 heteroatoms. The quantitative estimate of drug-likeness (QED) is 0.618. The Morgan fingerprint density at radius 1 is 1.30 bits per heavy atom. The van der Waals surface area contributed by atoms with Crippen LogP contribution >= 0.6 is 15.9 Å². The van der Waals surface area contributed by atoms with Crippen LogP contribution in [0.3, 0.4) is 0 Å². The van der Waals surface area contributed by atoms with E-state index < -0.39 is 5.91 Å². The second-order valence-electron chi connectivity index (χ2n) is 4.42. The molecule has 1 N–H and O–H groups in total. The molecule has 0 heterocycles. The zero-order chi connectivity index (χ0) is 16.7. The highest BCUT2D eigenvalue weighted by Crippen LogP contribution is 2.21. The molecular weight excluding hydrogens is 367 g/mol. The Morgan fingerprint density at radius 3 is 2.74 bits per heavy atom. The summed E-state index contributed by atoms with van der Waals surface area (Å²) in [6.07, 6.45) is 1.47. The van der Waals surface area contributed by atoms with Crippen LogP contribution in [0, 0.1) is 5.82 Å². The molecule has 2 rings (SSSR count). The van der Waals surface area contributed by atoms with Crippen molar-refractivity contribution in [1.82, 2.24) is 5.43 Å². The first kappa shape index (κ1) is 17.0. The highest BCUT2D eigenvalue weighted by molar-refractivity contribution is 9.10. The maximum atomic E-state index is 12.7. The SMILES string of the molecule is COc1ccc(Br)cc1C=NNC(=O)COc1ccc(F)cc1. The lowest BCUT2D eigenvalue weighted by Gasteiger charge is -2.06. The third-order valence-electron chi connectivity index (χ3n) is 2.77. The van der Waals surface area contributed by atoms with E-state index in [-0.39, 0.29) is 12.4 Å². The predicted molar refractivity (Wildman–Crippen MR) is 88.3 cm³/mol. The minimum Gasteiger partial charge on any atom is -0.496 e. The van der Waals surface area contributed by atoms with Crippen molar-refractivity contribution in [3.63, 3.8) is 0 Å². The Balaban J connectivity index is 1.86. The van der Waals surface area contributed by atoms with Gasteiger partial charge in [0.2, 0.25) is 0 Å². The molecule has 0 saturated heterocycles. The first-order chi connectivity index (χ1) is 11.1. The molecule has 5 nitrogen and oxygen atoms in total. The first-order valence-electron chi connectivity index (χ1n) is 6.62. The molecule has 0 fully saturated rings. The fraction of sp³-hybridized carbons (Fsp3) is 0.125. The molecule has 23 heavy (non-hydrogen) atoms. The van der Waals surface area contributed by atoms with Gasteiger partial charge >= 0.3 is 0 Å². The van der Waals surface area contributed by atoms with Gasteiger partial charge in [-0.15, -0.1) is 0 Å². The van der Waals surface area contributed by atoms with Crippen LogP contribution in [0.1, 0.15) is 5.56 Å². The molecule has 0 aromatic heterocycles. The van der Waals surface area contributed by atoms with Crippen LogP contribution < -0.4 is 14.9 Å². The molecule has 1 amide bonds. The van der Waals surface area contributed by atoms with Crippen molar-refractivity contribution in [3.8, 4) is 11.5 Å². The topological polar surface area (TPSA) is 59.9 Å². The molecule has 0 aliphatic rings. The molecule has 0 bridgehead atoms. The second kappa shape index (κ2) is 8.28. The smallest absolute Gasteiger partial charge is 0.277 e. The maximum Gasteiger partial charge on any atom is 0.277 e. The van der Waals surface area contributed by atoms with Gasteiger partial charge in [-0.3, -0.25) is 4.79 Å². The van der Waals surface area contributed by atoms with Gasteiger partial charge in [0, 0.05) is 10.0 Å². The fourth-order valence-electron chi connectivity index (χ4n) is 1.69. The van der Waals surface area contributed by atoms with Crippen LogP contribution in [0.4, 0.5) is 4.39 Å². The summed E-state index contributed by atoms with van der Waals surface area (Å²) in [5.74, 6) is 0.238. The third kappa shape index (κ3) is 5.37. The van der Waals surface area contributed by atoms with Gasteiger partial charge in [-0.05, 0) is 42.5 Å². The average Bonchev–Trinajstić information content (AvgIpc) is 2.54. The minimum absolute atomic E-state index is 0.224. The lowest BCUT2D eigenvalue weighted by Crippen LogP contribution is -2.24. The molecule has 120 valence electrons. The van der Waals surface area contributed by atoms with Gasteiger partial charge in [-0.2, -0.15) is 5.10 Å². The van der Waals surface area contributed by atoms with Gasteiger partial charge < -0.3 is 9.47 Å². The predicted octanol–water partition coefficient (Wildman–Crippen LogP) is 3.13. The van der Waals surface area contributed by atoms with Gasteiger partial charge in [0.05, 0.1) is 13.3 Å². The number of carbonyl (C=O) groups is 1. The highest BCUT2D eigenvalue weighted by Gasteiger charge is 2.03. The number of hydrogen-bond donors (Lipinski definition) is 1. The van der Waals surface area contributed by atoms with Crippen molar-refractivity contribution in [1.29, 1.82) is 0 Å². The van der Waals surface area contributed by atoms with E-state index in [0.29, 0.717) is 17.1 Å². The molecule has 0 aliphatic heterocycles. The Labute approximate surface area is 141 Å². The van der Waals surface area contributed by atoms with E-state index in [0.717, 1.165) is 4.47 Å². The fourth-order valence-corrected chi connectivity index (χ4v) is 2.07. The average molecular weight is 381 g/mol. The van der Waals surface area contributed by atoms with Gasteiger partial charge in [0.25, 0.3) is 5.91 Å². The number of carbonyl (C=O) groups excluding carboxylic acids is 1. The molecule has 0 radical (unpaired) electrons. The number of ether oxygens (including phenoxy) is 2. The number of amides is 1. The number of hydrazone groups is 1. The molecule has 0 aliphatic carbocycles. The summed E-state index contributed by atoms with van der Waals surface area (Å²) in [5.41, 5.74) is 3.05. The number of methoxy groups -OCH3 is 1. The Hall–Kier alpha value is -2.41. The Kier molecular flexibility index (Phi) is 6.10. The van der Waals surface area contributed by atoms with Crippen molar-refractivity contribution in [2.24, 2.45) is 5.10 Å². The summed E-state index contributed by atoms with van der Waals surface area (Å²) >= 11 is 3.35. The van der Waals surface area contributed by atoms with Crippen LogP contribution in [0.2, 0.25) is 0 Å². The van der Waals surface area contributed by atoms with Crippen LogP contribution in [0.15, 0.2) is 52.0 Å². The lowest BCUT2D eigenvalue weighted by molar-refractivity contribution is -0.123. The number of rotatable bonds is 6. The van der Waals surface area contributed by atoms with E-state index >= 15 is 0 Å². The van der Waals surface area contributed by atoms with Crippen molar-refractivity contribution in [2.75, 3.05) is 13.7 Å². The number of hydrogen-bond acceptors (Lipinski definition) is 4. The zero-order valence-corrected chi connectivity index (χ0v) is 13.8. The van der Waals surface area contributed by atoms with Gasteiger partial charge in [0.15, 0.2) is 6.61 Å². The van der Waals surface area contributed by atoms with E-state index in [4.69, 9.17) is 9.47 Å². The highest BCUT2D eigenvalue weighted by atomic mass is 79.9. The van der Waals surface area contributed by atoms with Gasteiger partial charge in [0.1, 0.15) is 17.3 Å². The van der Waals surface area contributed by atoms with Crippen molar-refractivity contribution in [3.05, 3.63) is 58.3 Å². The van der Waals surface area contributed by atoms with Crippen molar-refractivity contribution >= 4 is 28.1 Å². The van der Waals surface area contributed by atoms with E-state index in [2.05, 4.69) is 26.5 Å². The molecular formula is C16H14BrFN2O3. The Morgan fingerprint density at radius 2 is 2.04 bits per heavy atom. The number of nitrogens with zero attached hydrogens (tertiary/aromatic N) is 1. The van der Waals surface area contributed by atoms with E-state index in [9.17, 15) is 9.18 Å².